The van der Waals surface area contributed by atoms with Crippen molar-refractivity contribution in [1.29, 1.82) is 5.26 Å². The molecule has 1 amide bonds. The van der Waals surface area contributed by atoms with Gasteiger partial charge < -0.3 is 14.8 Å². The monoisotopic (exact) mass is 615 g/mol. The number of hydrogen-bond acceptors (Lipinski definition) is 4. The van der Waals surface area contributed by atoms with Gasteiger partial charge in [-0.15, -0.1) is 0 Å². The zero-order valence-corrected chi connectivity index (χ0v) is 27.6. The van der Waals surface area contributed by atoms with Crippen molar-refractivity contribution in [3.63, 3.8) is 0 Å². The maximum Gasteiger partial charge on any atom is 0.232 e. The summed E-state index contributed by atoms with van der Waals surface area (Å²) in [5, 5.41) is 13.5. The van der Waals surface area contributed by atoms with E-state index in [0.717, 1.165) is 80.4 Å². The highest BCUT2D eigenvalue weighted by molar-refractivity contribution is 5.94. The van der Waals surface area contributed by atoms with Gasteiger partial charge in [-0.3, -0.25) is 20.1 Å². The van der Waals surface area contributed by atoms with Gasteiger partial charge in [-0.2, -0.15) is 5.26 Å². The van der Waals surface area contributed by atoms with Crippen LogP contribution in [-0.4, -0.2) is 64.4 Å². The summed E-state index contributed by atoms with van der Waals surface area (Å²) in [6, 6.07) is 17.3. The van der Waals surface area contributed by atoms with Crippen molar-refractivity contribution in [2.24, 2.45) is 4.99 Å². The number of H-pyrrole nitrogens is 1. The van der Waals surface area contributed by atoms with Crippen molar-refractivity contribution < 1.29 is 4.79 Å². The molecule has 4 aromatic rings. The number of aromatic amines is 1. The quantitative estimate of drug-likeness (QED) is 0.0765. The molecule has 0 bridgehead atoms. The highest BCUT2D eigenvalue weighted by Crippen LogP contribution is 2.36. The molecule has 238 valence electrons. The fourth-order valence-electron chi connectivity index (χ4n) is 7.27. The number of aromatic nitrogens is 2. The highest BCUT2D eigenvalue weighted by atomic mass is 16.2. The molecular weight excluding hydrogens is 570 g/mol. The molecule has 0 saturated carbocycles. The first-order valence-electron chi connectivity index (χ1n) is 16.6. The first-order valence-corrected chi connectivity index (χ1v) is 16.6. The number of amides is 1. The van der Waals surface area contributed by atoms with Gasteiger partial charge in [-0.1, -0.05) is 23.3 Å². The SMILES string of the molecule is Cc1cc(C)cc(-c2[nH]c3ccc(C(C)(C)C(=O)N4CCCC4)cc3c2CCCN=C(NC#N)N2CCC(c3ccncc3)C2)c1. The molecule has 2 N–H and O–H groups in total. The summed E-state index contributed by atoms with van der Waals surface area (Å²) in [5.74, 6) is 1.25. The molecule has 8 heteroatoms. The van der Waals surface area contributed by atoms with Crippen LogP contribution in [0, 0.1) is 25.3 Å². The van der Waals surface area contributed by atoms with E-state index in [1.807, 2.05) is 17.3 Å². The zero-order valence-electron chi connectivity index (χ0n) is 27.6. The second-order valence-electron chi connectivity index (χ2n) is 13.5. The van der Waals surface area contributed by atoms with Crippen LogP contribution in [-0.2, 0) is 16.6 Å². The van der Waals surface area contributed by atoms with E-state index in [4.69, 9.17) is 4.99 Å². The van der Waals surface area contributed by atoms with E-state index < -0.39 is 5.41 Å². The number of fused-ring (bicyclic) bond motifs is 1. The highest BCUT2D eigenvalue weighted by Gasteiger charge is 2.35. The van der Waals surface area contributed by atoms with Gasteiger partial charge in [-0.25, -0.2) is 0 Å². The molecule has 6 rings (SSSR count). The Hall–Kier alpha value is -4.64. The Morgan fingerprint density at radius 2 is 1.78 bits per heavy atom. The molecule has 0 radical (unpaired) electrons. The van der Waals surface area contributed by atoms with Crippen LogP contribution >= 0.6 is 0 Å². The molecule has 2 aliphatic rings. The number of nitriles is 1. The average Bonchev–Trinajstić information content (AvgIpc) is 3.83. The van der Waals surface area contributed by atoms with Crippen LogP contribution in [0.5, 0.6) is 0 Å². The Morgan fingerprint density at radius 3 is 2.50 bits per heavy atom. The molecule has 46 heavy (non-hydrogen) atoms. The molecule has 2 aromatic carbocycles. The van der Waals surface area contributed by atoms with E-state index in [1.165, 1.54) is 27.8 Å². The average molecular weight is 616 g/mol. The molecule has 1 atom stereocenters. The first kappa shape index (κ1) is 31.3. The topological polar surface area (TPSA) is 100 Å². The molecule has 0 aliphatic carbocycles. The van der Waals surface area contributed by atoms with Gasteiger partial charge in [0, 0.05) is 67.6 Å². The Labute approximate surface area is 272 Å². The minimum Gasteiger partial charge on any atom is -0.354 e. The van der Waals surface area contributed by atoms with E-state index in [9.17, 15) is 10.1 Å². The predicted octanol–water partition coefficient (Wildman–Crippen LogP) is 6.60. The Morgan fingerprint density at radius 1 is 1.04 bits per heavy atom. The van der Waals surface area contributed by atoms with Crippen LogP contribution in [0.1, 0.15) is 73.3 Å². The van der Waals surface area contributed by atoms with Crippen LogP contribution in [0.4, 0.5) is 0 Å². The summed E-state index contributed by atoms with van der Waals surface area (Å²) in [5.41, 5.74) is 8.78. The summed E-state index contributed by atoms with van der Waals surface area (Å²) in [6.07, 6.45) is 10.6. The lowest BCUT2D eigenvalue weighted by atomic mass is 9.82. The van der Waals surface area contributed by atoms with Gasteiger partial charge in [0.15, 0.2) is 6.19 Å². The fraction of sp³-hybridized carbons (Fsp3) is 0.421. The van der Waals surface area contributed by atoms with E-state index >= 15 is 0 Å². The lowest BCUT2D eigenvalue weighted by molar-refractivity contribution is -0.135. The van der Waals surface area contributed by atoms with Crippen molar-refractivity contribution in [3.8, 4) is 17.5 Å². The van der Waals surface area contributed by atoms with Gasteiger partial charge >= 0.3 is 0 Å². The Kier molecular flexibility index (Phi) is 9.12. The fourth-order valence-corrected chi connectivity index (χ4v) is 7.27. The lowest BCUT2D eigenvalue weighted by Gasteiger charge is -2.29. The van der Waals surface area contributed by atoms with E-state index in [2.05, 4.69) is 103 Å². The Balaban J connectivity index is 1.27. The van der Waals surface area contributed by atoms with Crippen LogP contribution in [0.25, 0.3) is 22.2 Å². The first-order chi connectivity index (χ1) is 22.2. The maximum absolute atomic E-state index is 13.6. The van der Waals surface area contributed by atoms with E-state index in [0.29, 0.717) is 18.4 Å². The third-order valence-electron chi connectivity index (χ3n) is 9.75. The molecule has 4 heterocycles. The molecule has 2 aromatic heterocycles. The normalized spacial score (nSPS) is 17.1. The number of carbonyl (C=O) groups is 1. The largest absolute Gasteiger partial charge is 0.354 e. The molecule has 2 saturated heterocycles. The predicted molar refractivity (Wildman–Crippen MR) is 185 cm³/mol. The van der Waals surface area contributed by atoms with Gasteiger partial charge in [0.1, 0.15) is 0 Å². The second kappa shape index (κ2) is 13.4. The van der Waals surface area contributed by atoms with E-state index in [1.54, 1.807) is 0 Å². The number of likely N-dealkylation sites (tertiary alicyclic amines) is 2. The molecule has 8 nitrogen and oxygen atoms in total. The van der Waals surface area contributed by atoms with Gasteiger partial charge in [0.05, 0.1) is 5.41 Å². The third kappa shape index (κ3) is 6.50. The van der Waals surface area contributed by atoms with E-state index in [-0.39, 0.29) is 5.91 Å². The zero-order chi connectivity index (χ0) is 32.3. The summed E-state index contributed by atoms with van der Waals surface area (Å²) in [4.78, 5) is 30.6. The smallest absolute Gasteiger partial charge is 0.232 e. The van der Waals surface area contributed by atoms with Crippen molar-refractivity contribution in [2.45, 2.75) is 71.1 Å². The minimum atomic E-state index is -0.612. The van der Waals surface area contributed by atoms with Gasteiger partial charge in [0.25, 0.3) is 0 Å². The summed E-state index contributed by atoms with van der Waals surface area (Å²) < 4.78 is 0. The molecule has 1 unspecified atom stereocenters. The van der Waals surface area contributed by atoms with Crippen LogP contribution in [0.15, 0.2) is 65.9 Å². The summed E-state index contributed by atoms with van der Waals surface area (Å²) in [7, 11) is 0. The van der Waals surface area contributed by atoms with Gasteiger partial charge in [-0.05, 0) is 118 Å². The van der Waals surface area contributed by atoms with Crippen LogP contribution < -0.4 is 5.32 Å². The number of rotatable bonds is 8. The third-order valence-corrected chi connectivity index (χ3v) is 9.75. The number of aliphatic imine (C=N–C) groups is 1. The van der Waals surface area contributed by atoms with Crippen molar-refractivity contribution in [3.05, 3.63) is 88.7 Å². The molecule has 0 spiro atoms. The number of carbonyl (C=O) groups excluding carboxylic acids is 1. The number of aryl methyl sites for hydroxylation is 3. The Bertz CT molecular complexity index is 1760. The van der Waals surface area contributed by atoms with Crippen molar-refractivity contribution in [1.82, 2.24) is 25.1 Å². The number of nitrogens with one attached hydrogen (secondary N) is 2. The number of guanidine groups is 1. The second-order valence-corrected chi connectivity index (χ2v) is 13.5. The number of hydrogen-bond donors (Lipinski definition) is 2. The lowest BCUT2D eigenvalue weighted by Crippen LogP contribution is -2.41. The van der Waals surface area contributed by atoms with Crippen molar-refractivity contribution >= 4 is 22.8 Å². The van der Waals surface area contributed by atoms with Crippen LogP contribution in [0.2, 0.25) is 0 Å². The molecule has 2 aliphatic heterocycles. The van der Waals surface area contributed by atoms with Crippen LogP contribution in [0.3, 0.4) is 0 Å². The number of pyridine rings is 1. The summed E-state index contributed by atoms with van der Waals surface area (Å²) in [6.45, 7) is 12.4. The molecule has 2 fully saturated rings. The maximum atomic E-state index is 13.6. The summed E-state index contributed by atoms with van der Waals surface area (Å²) >= 11 is 0. The van der Waals surface area contributed by atoms with Crippen molar-refractivity contribution in [2.75, 3.05) is 32.7 Å². The number of benzene rings is 2. The van der Waals surface area contributed by atoms with Gasteiger partial charge in [0.2, 0.25) is 11.9 Å². The standard InChI is InChI=1S/C38H45N7O/c1-26-20-27(2)22-30(21-26)35-32(33-23-31(9-10-34(33)43-35)38(3,4)36(46)44-17-5-6-18-44)8-7-14-41-37(42-25-39)45-19-13-29(24-45)28-11-15-40-16-12-28/h9-12,15-16,20-23,29,43H,5-8,13-14,17-19,24H2,1-4H3,(H,41,42). The number of nitrogens with zero attached hydrogens (tertiary/aromatic N) is 5. The minimum absolute atomic E-state index is 0.205. The molecular formula is C38H45N7O.